The van der Waals surface area contributed by atoms with Gasteiger partial charge >= 0.3 is 165 Å². The van der Waals surface area contributed by atoms with Crippen molar-refractivity contribution in [3.05, 3.63) is 81.9 Å². The summed E-state index contributed by atoms with van der Waals surface area (Å²) in [4.78, 5) is 0. The van der Waals surface area contributed by atoms with E-state index < -0.39 is 15.9 Å². The number of hydrogen-bond donors (Lipinski definition) is 0. The fraction of sp³-hybridized carbons (Fsp3) is 0.261. The third kappa shape index (κ3) is 2.55. The maximum atomic E-state index is 7.75. The van der Waals surface area contributed by atoms with Gasteiger partial charge in [0.25, 0.3) is 0 Å². The molecule has 0 bridgehead atoms. The molecular weight excluding hydrogens is 438 g/mol. The Morgan fingerprint density at radius 2 is 1.42 bits per heavy atom. The Bertz CT molecular complexity index is 1020. The molecule has 0 saturated heterocycles. The van der Waals surface area contributed by atoms with E-state index in [1.165, 1.54) is 33.4 Å². The van der Waals surface area contributed by atoms with Gasteiger partial charge in [-0.15, -0.1) is 0 Å². The van der Waals surface area contributed by atoms with E-state index in [2.05, 4.69) is 85.2 Å². The van der Waals surface area contributed by atoms with E-state index in [9.17, 15) is 0 Å². The maximum absolute atomic E-state index is 7.75. The normalized spacial score (nSPS) is 21.8. The molecule has 2 aliphatic carbocycles. The predicted molar refractivity (Wildman–Crippen MR) is 114 cm³/mol. The summed E-state index contributed by atoms with van der Waals surface area (Å²) in [6, 6.07) is 17.2. The van der Waals surface area contributed by atoms with Crippen molar-refractivity contribution >= 4 is 32.9 Å². The summed E-state index contributed by atoms with van der Waals surface area (Å²) >= 11 is -4.46. The molecule has 2 aromatic carbocycles. The summed E-state index contributed by atoms with van der Waals surface area (Å²) in [6.45, 7) is 6.51. The number of halogens is 2. The summed E-state index contributed by atoms with van der Waals surface area (Å²) in [6.07, 6.45) is 5.58. The Morgan fingerprint density at radius 3 is 2.00 bits per heavy atom. The quantitative estimate of drug-likeness (QED) is 0.443. The fourth-order valence-corrected chi connectivity index (χ4v) is 23.0. The summed E-state index contributed by atoms with van der Waals surface area (Å²) in [7, 11) is 15.5. The van der Waals surface area contributed by atoms with Crippen molar-refractivity contribution in [3.63, 3.8) is 0 Å². The molecule has 2 aromatic rings. The molecule has 0 radical (unpaired) electrons. The van der Waals surface area contributed by atoms with Crippen LogP contribution >= 0.6 is 17.0 Å². The number of hydrogen-bond acceptors (Lipinski definition) is 0. The average molecular weight is 463 g/mol. The van der Waals surface area contributed by atoms with Gasteiger partial charge in [-0.05, 0) is 0 Å². The molecule has 0 aliphatic heterocycles. The van der Waals surface area contributed by atoms with Gasteiger partial charge in [-0.1, -0.05) is 0 Å². The van der Waals surface area contributed by atoms with Crippen molar-refractivity contribution in [1.29, 1.82) is 0 Å². The Hall–Kier alpha value is -0.747. The van der Waals surface area contributed by atoms with Crippen LogP contribution in [0.1, 0.15) is 56.7 Å². The first-order valence-electron chi connectivity index (χ1n) is 9.35. The zero-order chi connectivity index (χ0) is 18.6. The fourth-order valence-electron chi connectivity index (χ4n) is 5.06. The van der Waals surface area contributed by atoms with Gasteiger partial charge in [0.05, 0.1) is 0 Å². The third-order valence-corrected chi connectivity index (χ3v) is 25.7. The number of allylic oxidation sites excluding steroid dienone is 2. The van der Waals surface area contributed by atoms with E-state index in [1.54, 1.807) is 0 Å². The van der Waals surface area contributed by atoms with Gasteiger partial charge < -0.3 is 0 Å². The molecule has 0 fully saturated rings. The molecule has 3 heteroatoms. The standard InChI is InChI=1S/C11H11.C10H9.C2H4.2ClH.Zr/c1-2-9-7-10-5-3-4-6-11(10)8-9;1-8-6-9-4-2-3-5-10(9)7-8;1-2;;;/h3-8H,2H2,1H3;2-7H,1H3;1H,2H3;2*1H;/q;;;;;+2/p-2. The summed E-state index contributed by atoms with van der Waals surface area (Å²) < 4.78 is 2.50. The summed E-state index contributed by atoms with van der Waals surface area (Å²) in [5.41, 5.74) is 7.86. The second kappa shape index (κ2) is 6.40. The Labute approximate surface area is 164 Å². The first kappa shape index (κ1) is 18.6. The molecule has 2 atom stereocenters. The van der Waals surface area contributed by atoms with Gasteiger partial charge in [0.15, 0.2) is 0 Å². The second-order valence-corrected chi connectivity index (χ2v) is 29.0. The number of fused-ring (bicyclic) bond motifs is 2. The molecular formula is C23H24Cl2Zr. The van der Waals surface area contributed by atoms with Crippen LogP contribution < -0.4 is 0 Å². The van der Waals surface area contributed by atoms with Gasteiger partial charge in [-0.3, -0.25) is 0 Å². The monoisotopic (exact) mass is 460 g/mol. The molecule has 0 nitrogen and oxygen atoms in total. The van der Waals surface area contributed by atoms with Crippen molar-refractivity contribution < 1.29 is 15.9 Å². The van der Waals surface area contributed by atoms with Crippen LogP contribution in [0.3, 0.4) is 0 Å². The molecule has 2 aliphatic rings. The first-order valence-corrected chi connectivity index (χ1v) is 19.9. The predicted octanol–water partition coefficient (Wildman–Crippen LogP) is 7.51. The first-order chi connectivity index (χ1) is 12.4. The zero-order valence-corrected chi connectivity index (χ0v) is 19.4. The van der Waals surface area contributed by atoms with Crippen molar-refractivity contribution in [2.45, 2.75) is 34.4 Å². The van der Waals surface area contributed by atoms with Gasteiger partial charge in [-0.2, -0.15) is 0 Å². The van der Waals surface area contributed by atoms with Crippen LogP contribution in [0.25, 0.3) is 12.2 Å². The zero-order valence-electron chi connectivity index (χ0n) is 15.5. The van der Waals surface area contributed by atoms with Crippen molar-refractivity contribution in [3.8, 4) is 0 Å². The third-order valence-electron chi connectivity index (χ3n) is 6.23. The Balaban J connectivity index is 1.99. The summed E-state index contributed by atoms with van der Waals surface area (Å²) in [5.74, 6) is 0. The van der Waals surface area contributed by atoms with Crippen LogP contribution in [0, 0.1) is 0 Å². The van der Waals surface area contributed by atoms with Gasteiger partial charge in [0.2, 0.25) is 0 Å². The van der Waals surface area contributed by atoms with Crippen LogP contribution in [0.4, 0.5) is 0 Å². The van der Waals surface area contributed by atoms with E-state index in [0.717, 1.165) is 6.42 Å². The van der Waals surface area contributed by atoms with E-state index in [-0.39, 0.29) is 7.25 Å². The van der Waals surface area contributed by atoms with Crippen LogP contribution in [0.15, 0.2) is 59.7 Å². The van der Waals surface area contributed by atoms with Crippen molar-refractivity contribution in [2.24, 2.45) is 0 Å². The van der Waals surface area contributed by atoms with Gasteiger partial charge in [0, 0.05) is 0 Å². The number of benzene rings is 2. The molecule has 4 rings (SSSR count). The van der Waals surface area contributed by atoms with Crippen LogP contribution in [-0.2, 0) is 15.9 Å². The van der Waals surface area contributed by atoms with Gasteiger partial charge in [-0.25, -0.2) is 0 Å². The molecule has 0 amide bonds. The van der Waals surface area contributed by atoms with E-state index in [4.69, 9.17) is 17.0 Å². The second-order valence-electron chi connectivity index (χ2n) is 7.60. The topological polar surface area (TPSA) is 0 Å². The minimum absolute atomic E-state index is 0.132. The Kier molecular flexibility index (Phi) is 4.58. The van der Waals surface area contributed by atoms with Crippen LogP contribution in [0.2, 0.25) is 0 Å². The molecule has 2 unspecified atom stereocenters. The molecule has 0 aromatic heterocycles. The molecule has 0 heterocycles. The average Bonchev–Trinajstić information content (AvgIpc) is 3.19. The van der Waals surface area contributed by atoms with Crippen LogP contribution in [-0.4, -0.2) is 3.71 Å². The SMILES string of the molecule is C[CH]=[Zr]([Cl])([Cl])([CH]1C(C)=Cc2ccccc21)[CH]1C(CC)=Cc2ccccc21. The minimum atomic E-state index is -4.46. The molecule has 0 N–H and O–H groups in total. The molecule has 0 spiro atoms. The Morgan fingerprint density at radius 1 is 0.885 bits per heavy atom. The summed E-state index contributed by atoms with van der Waals surface area (Å²) in [5, 5.41) is 0. The van der Waals surface area contributed by atoms with Crippen LogP contribution in [0.5, 0.6) is 0 Å². The molecule has 0 saturated carbocycles. The van der Waals surface area contributed by atoms with E-state index in [1.807, 2.05) is 0 Å². The van der Waals surface area contributed by atoms with E-state index in [0.29, 0.717) is 0 Å². The molecule has 26 heavy (non-hydrogen) atoms. The molecule has 134 valence electrons. The number of rotatable bonds is 3. The van der Waals surface area contributed by atoms with E-state index >= 15 is 0 Å². The van der Waals surface area contributed by atoms with Crippen molar-refractivity contribution in [2.75, 3.05) is 0 Å². The van der Waals surface area contributed by atoms with Crippen molar-refractivity contribution in [1.82, 2.24) is 0 Å². The van der Waals surface area contributed by atoms with Gasteiger partial charge in [0.1, 0.15) is 0 Å².